The van der Waals surface area contributed by atoms with E-state index in [1.807, 2.05) is 6.20 Å². The van der Waals surface area contributed by atoms with Crippen LogP contribution in [0.5, 0.6) is 0 Å². The van der Waals surface area contributed by atoms with Gasteiger partial charge in [-0.2, -0.15) is 0 Å². The van der Waals surface area contributed by atoms with Gasteiger partial charge in [-0.3, -0.25) is 0 Å². The van der Waals surface area contributed by atoms with E-state index in [2.05, 4.69) is 36.8 Å². The molecule has 1 N–H and O–H groups in total. The molecule has 2 heterocycles. The molecule has 19 heavy (non-hydrogen) atoms. The van der Waals surface area contributed by atoms with Crippen molar-refractivity contribution in [3.8, 4) is 0 Å². The van der Waals surface area contributed by atoms with Crippen LogP contribution in [-0.4, -0.2) is 65.6 Å². The van der Waals surface area contributed by atoms with Crippen LogP contribution in [0.3, 0.4) is 0 Å². The Hall–Kier alpha value is -0.981. The molecule has 0 spiro atoms. The van der Waals surface area contributed by atoms with Crippen molar-refractivity contribution in [3.63, 3.8) is 0 Å². The van der Waals surface area contributed by atoms with Gasteiger partial charge in [0.25, 0.3) is 0 Å². The number of hydrogen-bond donors (Lipinski definition) is 1. The number of aromatic nitrogens is 1. The van der Waals surface area contributed by atoms with Crippen LogP contribution in [0.4, 0.5) is 10.5 Å². The normalized spacial score (nSPS) is 16.6. The zero-order valence-electron chi connectivity index (χ0n) is 11.8. The second-order valence-corrected chi connectivity index (χ2v) is 20.2. The average Bonchev–Trinajstić information content (AvgIpc) is 2.38. The third kappa shape index (κ3) is 3.52. The summed E-state index contributed by atoms with van der Waals surface area (Å²) in [4.78, 5) is 26.2. The summed E-state index contributed by atoms with van der Waals surface area (Å²) in [6, 6.07) is 4.27. The zero-order valence-corrected chi connectivity index (χ0v) is 14.6. The quantitative estimate of drug-likeness (QED) is 0.801. The Labute approximate surface area is 118 Å². The first kappa shape index (κ1) is 14.4. The summed E-state index contributed by atoms with van der Waals surface area (Å²) in [6.07, 6.45) is 1.11. The van der Waals surface area contributed by atoms with E-state index in [1.165, 1.54) is 8.61 Å². The maximum atomic E-state index is 10.9. The summed E-state index contributed by atoms with van der Waals surface area (Å²) >= 11 is -2.07. The summed E-state index contributed by atoms with van der Waals surface area (Å²) in [5.41, 5.74) is 1.10. The van der Waals surface area contributed by atoms with Crippen molar-refractivity contribution in [1.82, 2.24) is 9.88 Å². The Morgan fingerprint density at radius 3 is 2.26 bits per heavy atom. The van der Waals surface area contributed by atoms with Crippen LogP contribution < -0.4 is 8.61 Å². The molecule has 1 fully saturated rings. The third-order valence-electron chi connectivity index (χ3n) is 3.43. The number of hydrogen-bond acceptors (Lipinski definition) is 3. The molecule has 6 heteroatoms. The molecule has 0 bridgehead atoms. The first-order valence-electron chi connectivity index (χ1n) is 6.57. The predicted molar refractivity (Wildman–Crippen MR) is 79.0 cm³/mol. The molecule has 0 radical (unpaired) electrons. The van der Waals surface area contributed by atoms with Gasteiger partial charge in [-0.15, -0.1) is 0 Å². The van der Waals surface area contributed by atoms with Crippen LogP contribution in [0, 0.1) is 0 Å². The third-order valence-corrected chi connectivity index (χ3v) is 8.66. The van der Waals surface area contributed by atoms with E-state index in [0.717, 1.165) is 18.8 Å². The molecule has 0 atom stereocenters. The van der Waals surface area contributed by atoms with Crippen molar-refractivity contribution in [3.05, 3.63) is 18.3 Å². The molecule has 5 nitrogen and oxygen atoms in total. The van der Waals surface area contributed by atoms with E-state index in [0.29, 0.717) is 13.1 Å². The Morgan fingerprint density at radius 2 is 1.84 bits per heavy atom. The first-order chi connectivity index (χ1) is 8.88. The molecule has 0 unspecified atom stereocenters. The molecule has 104 valence electrons. The Balaban J connectivity index is 2.02. The average molecular weight is 370 g/mol. The van der Waals surface area contributed by atoms with Crippen LogP contribution in [0.25, 0.3) is 0 Å². The van der Waals surface area contributed by atoms with E-state index in [9.17, 15) is 4.79 Å². The van der Waals surface area contributed by atoms with Gasteiger partial charge >= 0.3 is 118 Å². The second kappa shape index (κ2) is 5.56. The summed E-state index contributed by atoms with van der Waals surface area (Å²) in [6.45, 7) is 2.61. The van der Waals surface area contributed by atoms with Crippen LogP contribution in [0.15, 0.2) is 18.3 Å². The molecule has 1 aliphatic rings. The van der Waals surface area contributed by atoms with E-state index >= 15 is 0 Å². The molecule has 1 saturated heterocycles. The van der Waals surface area contributed by atoms with Gasteiger partial charge in [-0.05, 0) is 0 Å². The Morgan fingerprint density at radius 1 is 1.21 bits per heavy atom. The van der Waals surface area contributed by atoms with Crippen molar-refractivity contribution in [1.29, 1.82) is 0 Å². The van der Waals surface area contributed by atoms with Gasteiger partial charge < -0.3 is 0 Å². The molecule has 1 aromatic heterocycles. The van der Waals surface area contributed by atoms with Crippen molar-refractivity contribution >= 4 is 33.9 Å². The predicted octanol–water partition coefficient (Wildman–Crippen LogP) is 1.43. The van der Waals surface area contributed by atoms with Crippen LogP contribution in [-0.2, 0) is 0 Å². The van der Waals surface area contributed by atoms with Gasteiger partial charge in [0.15, 0.2) is 0 Å². The molecule has 0 aromatic carbocycles. The number of carbonyl (C=O) groups is 1. The Kier molecular flexibility index (Phi) is 4.22. The summed E-state index contributed by atoms with van der Waals surface area (Å²) in [5.74, 6) is 0. The van der Waals surface area contributed by atoms with Gasteiger partial charge in [0, 0.05) is 0 Å². The van der Waals surface area contributed by atoms with E-state index in [-0.39, 0.29) is 0 Å². The number of nitrogens with zero attached hydrogens (tertiary/aromatic N) is 3. The van der Waals surface area contributed by atoms with Gasteiger partial charge in [0.1, 0.15) is 0 Å². The number of amides is 1. The maximum absolute atomic E-state index is 10.9. The number of anilines is 1. The van der Waals surface area contributed by atoms with Gasteiger partial charge in [0.2, 0.25) is 0 Å². The molecule has 0 saturated carbocycles. The van der Waals surface area contributed by atoms with Gasteiger partial charge in [-0.1, -0.05) is 0 Å². The van der Waals surface area contributed by atoms with Crippen LogP contribution in [0.2, 0.25) is 14.8 Å². The van der Waals surface area contributed by atoms with E-state index in [1.54, 1.807) is 0 Å². The van der Waals surface area contributed by atoms with Crippen molar-refractivity contribution in [2.75, 3.05) is 31.1 Å². The fourth-order valence-electron chi connectivity index (χ4n) is 2.17. The van der Waals surface area contributed by atoms with E-state index in [4.69, 9.17) is 5.11 Å². The number of pyridine rings is 1. The monoisotopic (exact) mass is 371 g/mol. The molecule has 2 rings (SSSR count). The SMILES string of the molecule is [CH3][Sn]([CH3])([CH3])[c]1ccc(N2CCN(C(=O)O)CC2)cn1. The fraction of sp³-hybridized carbons (Fsp3) is 0.538. The molecule has 1 amide bonds. The van der Waals surface area contributed by atoms with Crippen molar-refractivity contribution < 1.29 is 9.90 Å². The van der Waals surface area contributed by atoms with Crippen LogP contribution >= 0.6 is 0 Å². The van der Waals surface area contributed by atoms with Crippen LogP contribution in [0.1, 0.15) is 0 Å². The fourth-order valence-corrected chi connectivity index (χ4v) is 5.13. The molecule has 0 aliphatic carbocycles. The number of piperazine rings is 1. The van der Waals surface area contributed by atoms with Gasteiger partial charge in [-0.25, -0.2) is 0 Å². The first-order valence-corrected chi connectivity index (χ1v) is 16.6. The molecular formula is C13H21N3O2Sn. The molecule has 1 aromatic rings. The standard InChI is InChI=1S/C10H12N3O2.3CH3.Sn/c14-10(15)13-6-4-12(5-7-13)9-2-1-3-11-8-9;;;;/h1-2,8H,4-7H2,(H,14,15);3*1H3;. The van der Waals surface area contributed by atoms with E-state index < -0.39 is 24.5 Å². The number of rotatable bonds is 2. The minimum absolute atomic E-state index is 0.565. The molecular weight excluding hydrogens is 349 g/mol. The van der Waals surface area contributed by atoms with Crippen molar-refractivity contribution in [2.45, 2.75) is 14.8 Å². The van der Waals surface area contributed by atoms with Crippen molar-refractivity contribution in [2.24, 2.45) is 0 Å². The second-order valence-electron chi connectivity index (χ2n) is 5.91. The Bertz CT molecular complexity index is 448. The minimum atomic E-state index is -2.07. The topological polar surface area (TPSA) is 56.7 Å². The zero-order chi connectivity index (χ0) is 14.0. The van der Waals surface area contributed by atoms with Gasteiger partial charge in [0.05, 0.1) is 0 Å². The summed E-state index contributed by atoms with van der Waals surface area (Å²) in [7, 11) is 0. The summed E-state index contributed by atoms with van der Waals surface area (Å²) in [5, 5.41) is 8.92. The molecule has 1 aliphatic heterocycles. The summed E-state index contributed by atoms with van der Waals surface area (Å²) < 4.78 is 1.28. The number of carboxylic acid groups (broad SMARTS) is 1.